The normalized spacial score (nSPS) is 12.2. The maximum absolute atomic E-state index is 13.7. The van der Waals surface area contributed by atoms with Crippen LogP contribution in [0.4, 0.5) is 10.1 Å². The molecule has 1 N–H and O–H groups in total. The van der Waals surface area contributed by atoms with E-state index in [9.17, 15) is 9.18 Å². The van der Waals surface area contributed by atoms with Gasteiger partial charge in [0.15, 0.2) is 16.7 Å². The van der Waals surface area contributed by atoms with Crippen molar-refractivity contribution in [1.29, 1.82) is 0 Å². The Morgan fingerprint density at radius 2 is 2.11 bits per heavy atom. The fraction of sp³-hybridized carbons (Fsp3) is 0.200. The zero-order chi connectivity index (χ0) is 19.5. The van der Waals surface area contributed by atoms with Gasteiger partial charge in [-0.3, -0.25) is 4.79 Å². The molecule has 4 rings (SSSR count). The molecule has 0 saturated heterocycles. The van der Waals surface area contributed by atoms with E-state index in [-0.39, 0.29) is 19.1 Å². The third-order valence-electron chi connectivity index (χ3n) is 4.27. The van der Waals surface area contributed by atoms with E-state index in [1.807, 2.05) is 36.0 Å². The molecule has 0 fully saturated rings. The molecule has 0 unspecified atom stereocenters. The van der Waals surface area contributed by atoms with E-state index in [4.69, 9.17) is 9.47 Å². The number of hydrogen-bond donors (Lipinski definition) is 1. The molecule has 1 aliphatic rings. The molecule has 0 radical (unpaired) electrons. The third-order valence-corrected chi connectivity index (χ3v) is 5.42. The molecule has 1 aliphatic heterocycles. The van der Waals surface area contributed by atoms with Gasteiger partial charge in [0.05, 0.1) is 5.69 Å². The van der Waals surface area contributed by atoms with E-state index in [1.165, 1.54) is 23.9 Å². The van der Waals surface area contributed by atoms with Gasteiger partial charge in [-0.05, 0) is 54.1 Å². The molecular formula is C20H18FN3O3S. The molecule has 0 aliphatic carbocycles. The molecule has 28 heavy (non-hydrogen) atoms. The molecule has 2 aromatic carbocycles. The first kappa shape index (κ1) is 18.4. The highest BCUT2D eigenvalue weighted by atomic mass is 32.2. The summed E-state index contributed by atoms with van der Waals surface area (Å²) in [6.07, 6.45) is 4.33. The molecular weight excluding hydrogens is 381 g/mol. The van der Waals surface area contributed by atoms with Gasteiger partial charge in [-0.25, -0.2) is 9.37 Å². The van der Waals surface area contributed by atoms with Crippen molar-refractivity contribution in [2.24, 2.45) is 7.05 Å². The smallest absolute Gasteiger partial charge is 0.231 e. The number of rotatable bonds is 6. The summed E-state index contributed by atoms with van der Waals surface area (Å²) >= 11 is 1.37. The van der Waals surface area contributed by atoms with E-state index in [0.29, 0.717) is 23.6 Å². The summed E-state index contributed by atoms with van der Waals surface area (Å²) in [5, 5.41) is 3.57. The number of ether oxygens (including phenoxy) is 2. The molecule has 1 aromatic heterocycles. The third kappa shape index (κ3) is 4.12. The van der Waals surface area contributed by atoms with Gasteiger partial charge in [0.2, 0.25) is 12.7 Å². The number of amides is 1. The Labute approximate surface area is 165 Å². The number of anilines is 1. The van der Waals surface area contributed by atoms with Crippen molar-refractivity contribution in [2.45, 2.75) is 22.9 Å². The summed E-state index contributed by atoms with van der Waals surface area (Å²) in [6.45, 7) is 0.218. The number of halogens is 1. The van der Waals surface area contributed by atoms with E-state index < -0.39 is 5.82 Å². The molecule has 6 nitrogen and oxygen atoms in total. The standard InChI is InChI=1S/C20H18FN3O3S/c1-24-9-8-22-20(24)28-18-6-4-14(21)11-15(18)23-19(25)7-3-13-2-5-16-17(10-13)27-12-26-16/h2,4-6,8-11H,3,7,12H2,1H3,(H,23,25). The Bertz CT molecular complexity index is 1020. The largest absolute Gasteiger partial charge is 0.454 e. The number of nitrogens with zero attached hydrogens (tertiary/aromatic N) is 2. The number of carbonyl (C=O) groups excluding carboxylic acids is 1. The van der Waals surface area contributed by atoms with Gasteiger partial charge in [0.1, 0.15) is 5.82 Å². The lowest BCUT2D eigenvalue weighted by Crippen LogP contribution is -2.13. The average molecular weight is 399 g/mol. The predicted octanol–water partition coefficient (Wildman–Crippen LogP) is 4.01. The fourth-order valence-electron chi connectivity index (χ4n) is 2.80. The zero-order valence-electron chi connectivity index (χ0n) is 15.1. The number of nitrogens with one attached hydrogen (secondary N) is 1. The van der Waals surface area contributed by atoms with Crippen LogP contribution in [0.25, 0.3) is 0 Å². The van der Waals surface area contributed by atoms with E-state index in [1.54, 1.807) is 12.3 Å². The first-order valence-corrected chi connectivity index (χ1v) is 9.53. The van der Waals surface area contributed by atoms with Crippen LogP contribution < -0.4 is 14.8 Å². The van der Waals surface area contributed by atoms with Crippen LogP contribution in [0.5, 0.6) is 11.5 Å². The number of carbonyl (C=O) groups is 1. The Morgan fingerprint density at radius 3 is 2.93 bits per heavy atom. The Morgan fingerprint density at radius 1 is 1.25 bits per heavy atom. The highest BCUT2D eigenvalue weighted by Crippen LogP contribution is 2.34. The lowest BCUT2D eigenvalue weighted by atomic mass is 10.1. The maximum Gasteiger partial charge on any atom is 0.231 e. The Balaban J connectivity index is 1.42. The number of aryl methyl sites for hydroxylation is 2. The van der Waals surface area contributed by atoms with Crippen LogP contribution in [0.2, 0.25) is 0 Å². The van der Waals surface area contributed by atoms with Crippen molar-refractivity contribution in [1.82, 2.24) is 9.55 Å². The van der Waals surface area contributed by atoms with Gasteiger partial charge in [-0.15, -0.1) is 0 Å². The second-order valence-electron chi connectivity index (χ2n) is 6.30. The minimum atomic E-state index is -0.407. The number of aromatic nitrogens is 2. The minimum Gasteiger partial charge on any atom is -0.454 e. The first-order chi connectivity index (χ1) is 13.6. The number of hydrogen-bond acceptors (Lipinski definition) is 5. The fourth-order valence-corrected chi connectivity index (χ4v) is 3.68. The molecule has 8 heteroatoms. The van der Waals surface area contributed by atoms with Crippen molar-refractivity contribution in [3.63, 3.8) is 0 Å². The summed E-state index contributed by atoms with van der Waals surface area (Å²) < 4.78 is 26.2. The summed E-state index contributed by atoms with van der Waals surface area (Å²) in [6, 6.07) is 9.95. The number of benzene rings is 2. The van der Waals surface area contributed by atoms with Gasteiger partial charge in [-0.2, -0.15) is 0 Å². The van der Waals surface area contributed by atoms with Crippen LogP contribution in [0.1, 0.15) is 12.0 Å². The first-order valence-electron chi connectivity index (χ1n) is 8.71. The van der Waals surface area contributed by atoms with E-state index in [2.05, 4.69) is 10.3 Å². The second kappa shape index (κ2) is 7.93. The quantitative estimate of drug-likeness (QED) is 0.679. The van der Waals surface area contributed by atoms with Crippen LogP contribution in [-0.2, 0) is 18.3 Å². The minimum absolute atomic E-state index is 0.190. The van der Waals surface area contributed by atoms with Crippen molar-refractivity contribution < 1.29 is 18.7 Å². The monoisotopic (exact) mass is 399 g/mol. The number of fused-ring (bicyclic) bond motifs is 1. The molecule has 0 bridgehead atoms. The Hall–Kier alpha value is -3.00. The predicted molar refractivity (Wildman–Crippen MR) is 103 cm³/mol. The molecule has 0 atom stereocenters. The lowest BCUT2D eigenvalue weighted by molar-refractivity contribution is -0.116. The lowest BCUT2D eigenvalue weighted by Gasteiger charge is -2.11. The van der Waals surface area contributed by atoms with Gasteiger partial charge in [0.25, 0.3) is 0 Å². The summed E-state index contributed by atoms with van der Waals surface area (Å²) in [4.78, 5) is 17.4. The van der Waals surface area contributed by atoms with Crippen LogP contribution in [0.15, 0.2) is 58.8 Å². The maximum atomic E-state index is 13.7. The molecule has 2 heterocycles. The van der Waals surface area contributed by atoms with Gasteiger partial charge in [0, 0.05) is 30.8 Å². The molecule has 144 valence electrons. The van der Waals surface area contributed by atoms with Crippen molar-refractivity contribution in [3.05, 3.63) is 60.2 Å². The highest BCUT2D eigenvalue weighted by molar-refractivity contribution is 7.99. The van der Waals surface area contributed by atoms with Gasteiger partial charge >= 0.3 is 0 Å². The number of imidazole rings is 1. The zero-order valence-corrected chi connectivity index (χ0v) is 16.0. The van der Waals surface area contributed by atoms with E-state index in [0.717, 1.165) is 15.6 Å². The van der Waals surface area contributed by atoms with Crippen molar-refractivity contribution in [3.8, 4) is 11.5 Å². The van der Waals surface area contributed by atoms with Crippen LogP contribution in [-0.4, -0.2) is 22.3 Å². The van der Waals surface area contributed by atoms with E-state index >= 15 is 0 Å². The Kier molecular flexibility index (Phi) is 5.21. The van der Waals surface area contributed by atoms with Crippen molar-refractivity contribution in [2.75, 3.05) is 12.1 Å². The SMILES string of the molecule is Cn1ccnc1Sc1ccc(F)cc1NC(=O)CCc1ccc2c(c1)OCO2. The molecule has 1 amide bonds. The topological polar surface area (TPSA) is 65.4 Å². The summed E-state index contributed by atoms with van der Waals surface area (Å²) in [5.41, 5.74) is 1.41. The highest BCUT2D eigenvalue weighted by Gasteiger charge is 2.15. The second-order valence-corrected chi connectivity index (χ2v) is 7.31. The summed E-state index contributed by atoms with van der Waals surface area (Å²) in [5.74, 6) is 0.806. The van der Waals surface area contributed by atoms with Crippen LogP contribution >= 0.6 is 11.8 Å². The molecule has 3 aromatic rings. The molecule has 0 spiro atoms. The molecule has 0 saturated carbocycles. The van der Waals surface area contributed by atoms with Gasteiger partial charge in [-0.1, -0.05) is 6.07 Å². The average Bonchev–Trinajstić information content (AvgIpc) is 3.30. The van der Waals surface area contributed by atoms with Gasteiger partial charge < -0.3 is 19.4 Å². The van der Waals surface area contributed by atoms with Crippen molar-refractivity contribution >= 4 is 23.4 Å². The van der Waals surface area contributed by atoms with Crippen LogP contribution in [0.3, 0.4) is 0 Å². The van der Waals surface area contributed by atoms with Crippen LogP contribution in [0, 0.1) is 5.82 Å². The summed E-state index contributed by atoms with van der Waals surface area (Å²) in [7, 11) is 1.88.